The summed E-state index contributed by atoms with van der Waals surface area (Å²) in [5.74, 6) is 2.16. The molecule has 1 N–H and O–H groups in total. The van der Waals surface area contributed by atoms with Gasteiger partial charge in [-0.05, 0) is 12.8 Å². The third-order valence-corrected chi connectivity index (χ3v) is 4.68. The summed E-state index contributed by atoms with van der Waals surface area (Å²) in [6.45, 7) is 6.52. The monoisotopic (exact) mass is 284 g/mol. The summed E-state index contributed by atoms with van der Waals surface area (Å²) in [5, 5.41) is 14.2. The van der Waals surface area contributed by atoms with Crippen LogP contribution in [0.15, 0.2) is 4.52 Å². The molecule has 0 saturated heterocycles. The van der Waals surface area contributed by atoms with Crippen LogP contribution in [0.25, 0.3) is 0 Å². The predicted octanol–water partition coefficient (Wildman–Crippen LogP) is 3.51. The Morgan fingerprint density at radius 1 is 1.26 bits per heavy atom. The summed E-state index contributed by atoms with van der Waals surface area (Å²) < 4.78 is 5.56. The molecule has 1 saturated carbocycles. The number of hydrogen-bond acceptors (Lipinski definition) is 5. The molecular formula is C14H24N2O2S. The van der Waals surface area contributed by atoms with E-state index in [1.807, 2.05) is 0 Å². The van der Waals surface area contributed by atoms with E-state index in [4.69, 9.17) is 4.52 Å². The zero-order valence-electron chi connectivity index (χ0n) is 12.1. The van der Waals surface area contributed by atoms with Crippen molar-refractivity contribution in [3.05, 3.63) is 11.7 Å². The first kappa shape index (κ1) is 14.9. The Morgan fingerprint density at radius 3 is 2.74 bits per heavy atom. The standard InChI is InChI=1S/C14H24N2O2S/c1-14(2,3)19-9-12-15-13(18-16-12)10-7-5-4-6-8-11(10)17/h10-11,17H,4-9H2,1-3H3. The van der Waals surface area contributed by atoms with Crippen LogP contribution in [0.4, 0.5) is 0 Å². The SMILES string of the molecule is CC(C)(C)SCc1noc(C2CCCCCC2O)n1. The molecule has 5 heteroatoms. The van der Waals surface area contributed by atoms with Crippen molar-refractivity contribution >= 4 is 11.8 Å². The van der Waals surface area contributed by atoms with Crippen molar-refractivity contribution in [3.8, 4) is 0 Å². The lowest BCUT2D eigenvalue weighted by molar-refractivity contribution is 0.119. The maximum absolute atomic E-state index is 10.1. The molecule has 19 heavy (non-hydrogen) atoms. The first-order valence-corrected chi connectivity index (χ1v) is 8.09. The number of rotatable bonds is 3. The van der Waals surface area contributed by atoms with E-state index in [-0.39, 0.29) is 16.8 Å². The summed E-state index contributed by atoms with van der Waals surface area (Å²) >= 11 is 1.80. The van der Waals surface area contributed by atoms with Gasteiger partial charge in [0.05, 0.1) is 17.8 Å². The highest BCUT2D eigenvalue weighted by atomic mass is 32.2. The van der Waals surface area contributed by atoms with E-state index >= 15 is 0 Å². The number of aliphatic hydroxyl groups excluding tert-OH is 1. The van der Waals surface area contributed by atoms with Crippen molar-refractivity contribution in [1.29, 1.82) is 0 Å². The van der Waals surface area contributed by atoms with Crippen LogP contribution >= 0.6 is 11.8 Å². The number of aliphatic hydroxyl groups is 1. The van der Waals surface area contributed by atoms with Gasteiger partial charge >= 0.3 is 0 Å². The molecule has 2 unspecified atom stereocenters. The van der Waals surface area contributed by atoms with Gasteiger partial charge in [0.15, 0.2) is 5.82 Å². The lowest BCUT2D eigenvalue weighted by atomic mass is 9.97. The second kappa shape index (κ2) is 6.27. The number of aromatic nitrogens is 2. The Kier molecular flexibility index (Phi) is 4.90. The second-order valence-electron chi connectivity index (χ2n) is 6.26. The zero-order valence-corrected chi connectivity index (χ0v) is 12.9. The smallest absolute Gasteiger partial charge is 0.232 e. The summed E-state index contributed by atoms with van der Waals surface area (Å²) in [4.78, 5) is 4.47. The Bertz CT molecular complexity index is 400. The van der Waals surface area contributed by atoms with Crippen molar-refractivity contribution in [2.24, 2.45) is 0 Å². The molecule has 0 radical (unpaired) electrons. The van der Waals surface area contributed by atoms with Gasteiger partial charge in [0.1, 0.15) is 0 Å². The Morgan fingerprint density at radius 2 is 2.00 bits per heavy atom. The van der Waals surface area contributed by atoms with Crippen LogP contribution in [0.3, 0.4) is 0 Å². The van der Waals surface area contributed by atoms with Gasteiger partial charge in [-0.25, -0.2) is 0 Å². The fraction of sp³-hybridized carbons (Fsp3) is 0.857. The van der Waals surface area contributed by atoms with E-state index in [2.05, 4.69) is 30.9 Å². The minimum absolute atomic E-state index is 0.0309. The first-order chi connectivity index (χ1) is 8.96. The summed E-state index contributed by atoms with van der Waals surface area (Å²) in [5.41, 5.74) is 0. The molecule has 1 heterocycles. The fourth-order valence-corrected chi connectivity index (χ4v) is 3.01. The summed E-state index contributed by atoms with van der Waals surface area (Å²) in [6.07, 6.45) is 4.89. The molecule has 0 spiro atoms. The molecule has 1 fully saturated rings. The van der Waals surface area contributed by atoms with Crippen molar-refractivity contribution < 1.29 is 9.63 Å². The van der Waals surface area contributed by atoms with Crippen LogP contribution in [0.2, 0.25) is 0 Å². The summed E-state index contributed by atoms with van der Waals surface area (Å²) in [7, 11) is 0. The number of thioether (sulfide) groups is 1. The van der Waals surface area contributed by atoms with Gasteiger partial charge in [-0.1, -0.05) is 45.2 Å². The molecule has 0 aromatic carbocycles. The highest BCUT2D eigenvalue weighted by Crippen LogP contribution is 2.32. The molecule has 2 rings (SSSR count). The molecule has 2 atom stereocenters. The lowest BCUT2D eigenvalue weighted by Crippen LogP contribution is -2.17. The van der Waals surface area contributed by atoms with Gasteiger partial charge < -0.3 is 9.63 Å². The summed E-state index contributed by atoms with van der Waals surface area (Å²) in [6, 6.07) is 0. The zero-order chi connectivity index (χ0) is 13.9. The Hall–Kier alpha value is -0.550. The molecule has 1 aromatic heterocycles. The van der Waals surface area contributed by atoms with E-state index in [1.54, 1.807) is 11.8 Å². The van der Waals surface area contributed by atoms with Crippen molar-refractivity contribution in [2.45, 2.75) is 75.4 Å². The van der Waals surface area contributed by atoms with Gasteiger partial charge in [-0.3, -0.25) is 0 Å². The third kappa shape index (κ3) is 4.49. The quantitative estimate of drug-likeness (QED) is 0.861. The van der Waals surface area contributed by atoms with E-state index in [1.165, 1.54) is 6.42 Å². The van der Waals surface area contributed by atoms with Crippen LogP contribution in [0, 0.1) is 0 Å². The molecular weight excluding hydrogens is 260 g/mol. The highest BCUT2D eigenvalue weighted by Gasteiger charge is 2.28. The molecule has 1 aliphatic carbocycles. The third-order valence-electron chi connectivity index (χ3n) is 3.41. The maximum Gasteiger partial charge on any atom is 0.232 e. The van der Waals surface area contributed by atoms with E-state index in [0.717, 1.165) is 37.3 Å². The number of hydrogen-bond donors (Lipinski definition) is 1. The Balaban J connectivity index is 1.99. The van der Waals surface area contributed by atoms with Gasteiger partial charge in [0.25, 0.3) is 0 Å². The fourth-order valence-electron chi connectivity index (χ4n) is 2.33. The Labute approximate surface area is 119 Å². The maximum atomic E-state index is 10.1. The number of nitrogens with zero attached hydrogens (tertiary/aromatic N) is 2. The average Bonchev–Trinajstić information content (AvgIpc) is 2.69. The van der Waals surface area contributed by atoms with Crippen LogP contribution in [-0.4, -0.2) is 26.1 Å². The minimum Gasteiger partial charge on any atom is -0.392 e. The topological polar surface area (TPSA) is 59.2 Å². The van der Waals surface area contributed by atoms with Crippen molar-refractivity contribution in [3.63, 3.8) is 0 Å². The normalized spacial score (nSPS) is 25.3. The van der Waals surface area contributed by atoms with Crippen LogP contribution in [0.5, 0.6) is 0 Å². The lowest BCUT2D eigenvalue weighted by Gasteiger charge is -2.16. The average molecular weight is 284 g/mol. The van der Waals surface area contributed by atoms with E-state index < -0.39 is 0 Å². The largest absolute Gasteiger partial charge is 0.392 e. The van der Waals surface area contributed by atoms with Crippen molar-refractivity contribution in [1.82, 2.24) is 10.1 Å². The first-order valence-electron chi connectivity index (χ1n) is 7.10. The van der Waals surface area contributed by atoms with Gasteiger partial charge in [-0.15, -0.1) is 11.8 Å². The molecule has 0 bridgehead atoms. The van der Waals surface area contributed by atoms with Gasteiger partial charge in [-0.2, -0.15) is 4.98 Å². The molecule has 1 aromatic rings. The van der Waals surface area contributed by atoms with E-state index in [0.29, 0.717) is 5.89 Å². The molecule has 4 nitrogen and oxygen atoms in total. The molecule has 0 aliphatic heterocycles. The van der Waals surface area contributed by atoms with Gasteiger partial charge in [0.2, 0.25) is 5.89 Å². The van der Waals surface area contributed by atoms with Gasteiger partial charge in [0, 0.05) is 4.75 Å². The predicted molar refractivity (Wildman–Crippen MR) is 77.2 cm³/mol. The molecule has 108 valence electrons. The van der Waals surface area contributed by atoms with Crippen LogP contribution in [-0.2, 0) is 5.75 Å². The highest BCUT2D eigenvalue weighted by molar-refractivity contribution is 7.99. The van der Waals surface area contributed by atoms with Crippen LogP contribution in [0.1, 0.15) is 70.5 Å². The molecule has 0 amide bonds. The van der Waals surface area contributed by atoms with E-state index in [9.17, 15) is 5.11 Å². The second-order valence-corrected chi connectivity index (χ2v) is 8.06. The van der Waals surface area contributed by atoms with Crippen LogP contribution < -0.4 is 0 Å². The van der Waals surface area contributed by atoms with Crippen molar-refractivity contribution in [2.75, 3.05) is 0 Å². The minimum atomic E-state index is -0.328. The molecule has 1 aliphatic rings.